The quantitative estimate of drug-likeness (QED) is 0.923. The van der Waals surface area contributed by atoms with Crippen LogP contribution in [-0.2, 0) is 16.4 Å². The van der Waals surface area contributed by atoms with Crippen molar-refractivity contribution in [2.75, 3.05) is 18.9 Å². The van der Waals surface area contributed by atoms with Crippen molar-refractivity contribution in [3.05, 3.63) is 23.8 Å². The topological polar surface area (TPSA) is 49.4 Å². The number of nitrogens with zero attached hydrogens (tertiary/aromatic N) is 1. The van der Waals surface area contributed by atoms with E-state index in [4.69, 9.17) is 0 Å². The minimum Gasteiger partial charge on any atom is -0.385 e. The molecule has 0 saturated carbocycles. The summed E-state index contributed by atoms with van der Waals surface area (Å²) in [5, 5.41) is 3.27. The Balaban J connectivity index is 2.36. The molecule has 1 aliphatic rings. The lowest BCUT2D eigenvalue weighted by atomic mass is 10.0. The fourth-order valence-corrected chi connectivity index (χ4v) is 3.72. The van der Waals surface area contributed by atoms with Gasteiger partial charge in [0, 0.05) is 25.3 Å². The Morgan fingerprint density at radius 3 is 2.84 bits per heavy atom. The molecule has 19 heavy (non-hydrogen) atoms. The Morgan fingerprint density at radius 1 is 1.42 bits per heavy atom. The van der Waals surface area contributed by atoms with E-state index in [2.05, 4.69) is 5.32 Å². The molecule has 0 fully saturated rings. The van der Waals surface area contributed by atoms with Crippen LogP contribution in [0.1, 0.15) is 32.3 Å². The van der Waals surface area contributed by atoms with E-state index < -0.39 is 10.0 Å². The number of fused-ring (bicyclic) bond motifs is 1. The zero-order chi connectivity index (χ0) is 14.0. The van der Waals surface area contributed by atoms with Gasteiger partial charge in [-0.25, -0.2) is 8.42 Å². The molecule has 1 heterocycles. The summed E-state index contributed by atoms with van der Waals surface area (Å²) in [6.07, 6.45) is 2.93. The Labute approximate surface area is 115 Å². The van der Waals surface area contributed by atoms with Crippen LogP contribution in [0.3, 0.4) is 0 Å². The number of rotatable bonds is 4. The van der Waals surface area contributed by atoms with Crippen molar-refractivity contribution in [3.8, 4) is 0 Å². The third-order valence-electron chi connectivity index (χ3n) is 3.91. The van der Waals surface area contributed by atoms with Gasteiger partial charge < -0.3 is 5.32 Å². The van der Waals surface area contributed by atoms with E-state index >= 15 is 0 Å². The van der Waals surface area contributed by atoms with Crippen LogP contribution in [0, 0.1) is 0 Å². The maximum atomic E-state index is 12.5. The molecule has 0 spiro atoms. The molecule has 0 aliphatic carbocycles. The van der Waals surface area contributed by atoms with Crippen LogP contribution < -0.4 is 5.32 Å². The van der Waals surface area contributed by atoms with Gasteiger partial charge in [0.15, 0.2) is 0 Å². The van der Waals surface area contributed by atoms with Crippen molar-refractivity contribution in [1.82, 2.24) is 4.31 Å². The molecule has 1 aromatic carbocycles. The first-order valence-corrected chi connectivity index (χ1v) is 8.25. The first-order chi connectivity index (χ1) is 8.96. The monoisotopic (exact) mass is 282 g/mol. The van der Waals surface area contributed by atoms with Crippen molar-refractivity contribution >= 4 is 15.7 Å². The standard InChI is InChI=1S/C14H22N2O2S/c1-4-11(2)16(3)19(17,18)13-8-7-12-6-5-9-15-14(12)10-13/h7-8,10-11,15H,4-6,9H2,1-3H3. The van der Waals surface area contributed by atoms with Crippen molar-refractivity contribution in [3.63, 3.8) is 0 Å². The zero-order valence-electron chi connectivity index (χ0n) is 11.8. The molecule has 5 heteroatoms. The molecule has 0 amide bonds. The summed E-state index contributed by atoms with van der Waals surface area (Å²) in [6, 6.07) is 5.43. The number of benzene rings is 1. The van der Waals surface area contributed by atoms with Crippen molar-refractivity contribution in [2.45, 2.75) is 44.0 Å². The average molecular weight is 282 g/mol. The summed E-state index contributed by atoms with van der Waals surface area (Å²) in [6.45, 7) is 4.83. The summed E-state index contributed by atoms with van der Waals surface area (Å²) in [5.41, 5.74) is 2.17. The molecular weight excluding hydrogens is 260 g/mol. The minimum atomic E-state index is -3.39. The molecule has 2 rings (SSSR count). The average Bonchev–Trinajstić information content (AvgIpc) is 2.45. The van der Waals surface area contributed by atoms with Gasteiger partial charge in [-0.1, -0.05) is 13.0 Å². The molecule has 0 radical (unpaired) electrons. The number of anilines is 1. The van der Waals surface area contributed by atoms with E-state index in [0.717, 1.165) is 31.5 Å². The molecule has 1 aromatic rings. The van der Waals surface area contributed by atoms with Gasteiger partial charge in [-0.2, -0.15) is 4.31 Å². The Kier molecular flexibility index (Phi) is 4.16. The van der Waals surface area contributed by atoms with E-state index in [0.29, 0.717) is 4.90 Å². The highest BCUT2D eigenvalue weighted by atomic mass is 32.2. The maximum Gasteiger partial charge on any atom is 0.243 e. The van der Waals surface area contributed by atoms with Crippen LogP contribution in [0.4, 0.5) is 5.69 Å². The van der Waals surface area contributed by atoms with Crippen LogP contribution in [-0.4, -0.2) is 32.4 Å². The molecule has 106 valence electrons. The van der Waals surface area contributed by atoms with Gasteiger partial charge >= 0.3 is 0 Å². The fourth-order valence-electron chi connectivity index (χ4n) is 2.26. The lowest BCUT2D eigenvalue weighted by molar-refractivity contribution is 0.380. The summed E-state index contributed by atoms with van der Waals surface area (Å²) < 4.78 is 26.5. The fraction of sp³-hybridized carbons (Fsp3) is 0.571. The lowest BCUT2D eigenvalue weighted by Gasteiger charge is -2.24. The smallest absolute Gasteiger partial charge is 0.243 e. The summed E-state index contributed by atoms with van der Waals surface area (Å²) >= 11 is 0. The van der Waals surface area contributed by atoms with Crippen molar-refractivity contribution in [1.29, 1.82) is 0 Å². The lowest BCUT2D eigenvalue weighted by Crippen LogP contribution is -2.34. The molecule has 1 atom stereocenters. The Bertz CT molecular complexity index is 555. The van der Waals surface area contributed by atoms with Gasteiger partial charge in [0.05, 0.1) is 4.90 Å². The predicted octanol–water partition coefficient (Wildman–Crippen LogP) is 2.46. The highest BCUT2D eigenvalue weighted by Crippen LogP contribution is 2.27. The summed E-state index contributed by atoms with van der Waals surface area (Å²) in [5.74, 6) is 0. The van der Waals surface area contributed by atoms with Crippen LogP contribution >= 0.6 is 0 Å². The molecule has 1 aliphatic heterocycles. The molecule has 1 N–H and O–H groups in total. The normalized spacial score (nSPS) is 16.8. The molecule has 0 bridgehead atoms. The first-order valence-electron chi connectivity index (χ1n) is 6.81. The SMILES string of the molecule is CCC(C)N(C)S(=O)(=O)c1ccc2c(c1)NCCC2. The summed E-state index contributed by atoms with van der Waals surface area (Å²) in [7, 11) is -1.74. The van der Waals surface area contributed by atoms with Gasteiger partial charge in [0.25, 0.3) is 0 Å². The van der Waals surface area contributed by atoms with Crippen LogP contribution in [0.15, 0.2) is 23.1 Å². The third kappa shape index (κ3) is 2.77. The van der Waals surface area contributed by atoms with Crippen LogP contribution in [0.2, 0.25) is 0 Å². The van der Waals surface area contributed by atoms with Gasteiger partial charge in [-0.05, 0) is 43.9 Å². The van der Waals surface area contributed by atoms with E-state index in [9.17, 15) is 8.42 Å². The van der Waals surface area contributed by atoms with E-state index in [1.165, 1.54) is 9.87 Å². The number of sulfonamides is 1. The Morgan fingerprint density at radius 2 is 2.16 bits per heavy atom. The predicted molar refractivity (Wildman–Crippen MR) is 78.0 cm³/mol. The third-order valence-corrected chi connectivity index (χ3v) is 5.88. The van der Waals surface area contributed by atoms with Crippen LogP contribution in [0.25, 0.3) is 0 Å². The van der Waals surface area contributed by atoms with Gasteiger partial charge in [-0.3, -0.25) is 0 Å². The number of hydrogen-bond acceptors (Lipinski definition) is 3. The highest BCUT2D eigenvalue weighted by Gasteiger charge is 2.25. The molecule has 4 nitrogen and oxygen atoms in total. The second-order valence-corrected chi connectivity index (χ2v) is 7.13. The van der Waals surface area contributed by atoms with Gasteiger partial charge in [0.1, 0.15) is 0 Å². The Hall–Kier alpha value is -1.07. The largest absolute Gasteiger partial charge is 0.385 e. The molecular formula is C14H22N2O2S. The zero-order valence-corrected chi connectivity index (χ0v) is 12.6. The first kappa shape index (κ1) is 14.3. The number of aryl methyl sites for hydroxylation is 1. The van der Waals surface area contributed by atoms with Gasteiger partial charge in [-0.15, -0.1) is 0 Å². The highest BCUT2D eigenvalue weighted by molar-refractivity contribution is 7.89. The molecule has 0 aromatic heterocycles. The summed E-state index contributed by atoms with van der Waals surface area (Å²) in [4.78, 5) is 0.378. The van der Waals surface area contributed by atoms with Crippen molar-refractivity contribution in [2.24, 2.45) is 0 Å². The molecule has 0 saturated heterocycles. The molecule has 1 unspecified atom stereocenters. The van der Waals surface area contributed by atoms with Crippen LogP contribution in [0.5, 0.6) is 0 Å². The van der Waals surface area contributed by atoms with Crippen molar-refractivity contribution < 1.29 is 8.42 Å². The number of hydrogen-bond donors (Lipinski definition) is 1. The van der Waals surface area contributed by atoms with E-state index in [1.54, 1.807) is 19.2 Å². The maximum absolute atomic E-state index is 12.5. The van der Waals surface area contributed by atoms with E-state index in [-0.39, 0.29) is 6.04 Å². The second-order valence-electron chi connectivity index (χ2n) is 5.13. The van der Waals surface area contributed by atoms with E-state index in [1.807, 2.05) is 19.9 Å². The number of nitrogens with one attached hydrogen (secondary N) is 1. The second kappa shape index (κ2) is 5.51. The van der Waals surface area contributed by atoms with Gasteiger partial charge in [0.2, 0.25) is 10.0 Å². The minimum absolute atomic E-state index is 0.00833.